The Morgan fingerprint density at radius 1 is 0.929 bits per heavy atom. The van der Waals surface area contributed by atoms with Crippen LogP contribution < -0.4 is 14.8 Å². The van der Waals surface area contributed by atoms with Crippen molar-refractivity contribution in [2.75, 3.05) is 13.7 Å². The fourth-order valence-electron chi connectivity index (χ4n) is 2.86. The van der Waals surface area contributed by atoms with E-state index in [1.165, 1.54) is 17.7 Å². The summed E-state index contributed by atoms with van der Waals surface area (Å²) in [5, 5.41) is 3.91. The van der Waals surface area contributed by atoms with Crippen LogP contribution in [0.1, 0.15) is 16.7 Å². The minimum atomic E-state index is -0.275. The molecule has 0 atom stereocenters. The van der Waals surface area contributed by atoms with Crippen molar-refractivity contribution in [1.29, 1.82) is 0 Å². The molecule has 0 unspecified atom stereocenters. The molecular weight excluding hydrogens is 377 g/mol. The molecule has 0 aromatic heterocycles. The highest BCUT2D eigenvalue weighted by molar-refractivity contribution is 6.32. The molecule has 5 heteroatoms. The van der Waals surface area contributed by atoms with Gasteiger partial charge in [-0.05, 0) is 53.9 Å². The van der Waals surface area contributed by atoms with Crippen LogP contribution in [0.4, 0.5) is 4.39 Å². The molecule has 0 fully saturated rings. The topological polar surface area (TPSA) is 30.5 Å². The summed E-state index contributed by atoms with van der Waals surface area (Å²) in [7, 11) is 1.59. The Kier molecular flexibility index (Phi) is 7.29. The maximum atomic E-state index is 13.0. The number of halogens is 2. The highest BCUT2D eigenvalue weighted by Gasteiger charge is 2.12. The summed E-state index contributed by atoms with van der Waals surface area (Å²) in [6.07, 6.45) is 0.963. The molecule has 3 rings (SSSR count). The quantitative estimate of drug-likeness (QED) is 0.489. The van der Waals surface area contributed by atoms with Crippen LogP contribution in [0.3, 0.4) is 0 Å². The second-order valence-corrected chi connectivity index (χ2v) is 6.84. The van der Waals surface area contributed by atoms with Crippen LogP contribution in [0.2, 0.25) is 5.02 Å². The number of nitrogens with one attached hydrogen (secondary N) is 1. The average Bonchev–Trinajstić information content (AvgIpc) is 2.72. The van der Waals surface area contributed by atoms with Crippen molar-refractivity contribution in [1.82, 2.24) is 5.32 Å². The summed E-state index contributed by atoms with van der Waals surface area (Å²) < 4.78 is 24.3. The molecule has 3 nitrogen and oxygen atoms in total. The highest BCUT2D eigenvalue weighted by Crippen LogP contribution is 2.37. The standard InChI is InChI=1S/C23H23ClFNO2/c1-27-22-14-19(15-26-12-11-17-5-3-2-4-6-17)13-21(24)23(22)28-16-18-7-9-20(25)10-8-18/h2-10,13-14,26H,11-12,15-16H2,1H3. The van der Waals surface area contributed by atoms with Crippen LogP contribution in [-0.4, -0.2) is 13.7 Å². The summed E-state index contributed by atoms with van der Waals surface area (Å²) in [6.45, 7) is 1.83. The molecule has 0 spiro atoms. The van der Waals surface area contributed by atoms with Crippen LogP contribution in [0.25, 0.3) is 0 Å². The van der Waals surface area contributed by atoms with Gasteiger partial charge < -0.3 is 14.8 Å². The number of benzene rings is 3. The SMILES string of the molecule is COc1cc(CNCCc2ccccc2)cc(Cl)c1OCc1ccc(F)cc1. The molecular formula is C23H23ClFNO2. The normalized spacial score (nSPS) is 10.7. The smallest absolute Gasteiger partial charge is 0.180 e. The van der Waals surface area contributed by atoms with Crippen LogP contribution in [0.15, 0.2) is 66.7 Å². The van der Waals surface area contributed by atoms with Crippen molar-refractivity contribution in [2.45, 2.75) is 19.6 Å². The van der Waals surface area contributed by atoms with Crippen molar-refractivity contribution in [3.63, 3.8) is 0 Å². The Labute approximate surface area is 170 Å². The van der Waals surface area contributed by atoms with Gasteiger partial charge in [0.15, 0.2) is 11.5 Å². The first-order valence-corrected chi connectivity index (χ1v) is 9.52. The third-order valence-electron chi connectivity index (χ3n) is 4.35. The van der Waals surface area contributed by atoms with Crippen molar-refractivity contribution in [2.24, 2.45) is 0 Å². The maximum Gasteiger partial charge on any atom is 0.180 e. The van der Waals surface area contributed by atoms with E-state index >= 15 is 0 Å². The lowest BCUT2D eigenvalue weighted by Gasteiger charge is -2.15. The fraction of sp³-hybridized carbons (Fsp3) is 0.217. The molecule has 0 radical (unpaired) electrons. The largest absolute Gasteiger partial charge is 0.493 e. The Balaban J connectivity index is 1.58. The van der Waals surface area contributed by atoms with Gasteiger partial charge in [0.25, 0.3) is 0 Å². The summed E-state index contributed by atoms with van der Waals surface area (Å²) in [5.74, 6) is 0.791. The third kappa shape index (κ3) is 5.72. The lowest BCUT2D eigenvalue weighted by Crippen LogP contribution is -2.16. The molecule has 1 N–H and O–H groups in total. The van der Waals surface area contributed by atoms with Gasteiger partial charge in [-0.15, -0.1) is 0 Å². The summed E-state index contributed by atoms with van der Waals surface area (Å²) >= 11 is 6.42. The van der Waals surface area contributed by atoms with Crippen LogP contribution in [-0.2, 0) is 19.6 Å². The van der Waals surface area contributed by atoms with Crippen LogP contribution >= 0.6 is 11.6 Å². The van der Waals surface area contributed by atoms with Gasteiger partial charge in [-0.2, -0.15) is 0 Å². The first-order valence-electron chi connectivity index (χ1n) is 9.14. The van der Waals surface area contributed by atoms with E-state index in [9.17, 15) is 4.39 Å². The molecule has 0 saturated heterocycles. The molecule has 0 saturated carbocycles. The molecule has 28 heavy (non-hydrogen) atoms. The van der Waals surface area contributed by atoms with Gasteiger partial charge in [0.05, 0.1) is 12.1 Å². The Bertz CT molecular complexity index is 885. The van der Waals surface area contributed by atoms with Crippen molar-refractivity contribution >= 4 is 11.6 Å². The fourth-order valence-corrected chi connectivity index (χ4v) is 3.15. The number of hydrogen-bond donors (Lipinski definition) is 1. The highest BCUT2D eigenvalue weighted by atomic mass is 35.5. The van der Waals surface area contributed by atoms with Gasteiger partial charge in [0.1, 0.15) is 12.4 Å². The lowest BCUT2D eigenvalue weighted by atomic mass is 10.1. The zero-order valence-electron chi connectivity index (χ0n) is 15.8. The van der Waals surface area contributed by atoms with E-state index in [1.807, 2.05) is 30.3 Å². The number of methoxy groups -OCH3 is 1. The average molecular weight is 400 g/mol. The van der Waals surface area contributed by atoms with E-state index in [-0.39, 0.29) is 12.4 Å². The predicted octanol–water partition coefficient (Wildman–Crippen LogP) is 5.40. The minimum Gasteiger partial charge on any atom is -0.493 e. The van der Waals surface area contributed by atoms with Gasteiger partial charge in [0, 0.05) is 6.54 Å². The second-order valence-electron chi connectivity index (χ2n) is 6.44. The van der Waals surface area contributed by atoms with Gasteiger partial charge in [-0.25, -0.2) is 4.39 Å². The summed E-state index contributed by atoms with van der Waals surface area (Å²) in [4.78, 5) is 0. The second kappa shape index (κ2) is 10.1. The van der Waals surface area contributed by atoms with Gasteiger partial charge in [-0.1, -0.05) is 54.1 Å². The molecule has 0 bridgehead atoms. The lowest BCUT2D eigenvalue weighted by molar-refractivity contribution is 0.284. The van der Waals surface area contributed by atoms with E-state index in [0.717, 1.165) is 24.1 Å². The Morgan fingerprint density at radius 2 is 1.68 bits per heavy atom. The first kappa shape index (κ1) is 20.2. The van der Waals surface area contributed by atoms with Crippen molar-refractivity contribution in [3.05, 3.63) is 94.3 Å². The van der Waals surface area contributed by atoms with Crippen LogP contribution in [0, 0.1) is 5.82 Å². The minimum absolute atomic E-state index is 0.275. The van der Waals surface area contributed by atoms with E-state index in [1.54, 1.807) is 19.2 Å². The Morgan fingerprint density at radius 3 is 2.39 bits per heavy atom. The molecule has 3 aromatic carbocycles. The number of rotatable bonds is 9. The molecule has 3 aromatic rings. The van der Waals surface area contributed by atoms with Gasteiger partial charge >= 0.3 is 0 Å². The first-order chi connectivity index (χ1) is 13.7. The Hall–Kier alpha value is -2.56. The summed E-state index contributed by atoms with van der Waals surface area (Å²) in [5.41, 5.74) is 3.17. The molecule has 0 amide bonds. The monoisotopic (exact) mass is 399 g/mol. The van der Waals surface area contributed by atoms with Crippen molar-refractivity contribution in [3.8, 4) is 11.5 Å². The number of hydrogen-bond acceptors (Lipinski definition) is 3. The predicted molar refractivity (Wildman–Crippen MR) is 111 cm³/mol. The summed E-state index contributed by atoms with van der Waals surface area (Å²) in [6, 6.07) is 20.3. The maximum absolute atomic E-state index is 13.0. The van der Waals surface area contributed by atoms with E-state index < -0.39 is 0 Å². The molecule has 146 valence electrons. The zero-order chi connectivity index (χ0) is 19.8. The van der Waals surface area contributed by atoms with Crippen molar-refractivity contribution < 1.29 is 13.9 Å². The zero-order valence-corrected chi connectivity index (χ0v) is 16.5. The third-order valence-corrected chi connectivity index (χ3v) is 4.63. The van der Waals surface area contributed by atoms with Gasteiger partial charge in [0.2, 0.25) is 0 Å². The molecule has 0 heterocycles. The molecule has 0 aliphatic rings. The van der Waals surface area contributed by atoms with Gasteiger partial charge in [-0.3, -0.25) is 0 Å². The van der Waals surface area contributed by atoms with E-state index in [0.29, 0.717) is 23.1 Å². The molecule has 0 aliphatic carbocycles. The van der Waals surface area contributed by atoms with E-state index in [2.05, 4.69) is 17.4 Å². The molecule has 0 aliphatic heterocycles. The van der Waals surface area contributed by atoms with Crippen LogP contribution in [0.5, 0.6) is 11.5 Å². The number of ether oxygens (including phenoxy) is 2. The van der Waals surface area contributed by atoms with E-state index in [4.69, 9.17) is 21.1 Å².